The number of carbonyl (C=O) groups is 1. The molecule has 1 saturated heterocycles. The van der Waals surface area contributed by atoms with Crippen molar-refractivity contribution in [1.82, 2.24) is 20.4 Å². The number of anilines is 1. The molecule has 1 fully saturated rings. The monoisotopic (exact) mass is 433 g/mol. The zero-order valence-electron chi connectivity index (χ0n) is 14.3. The molecule has 1 aromatic carbocycles. The van der Waals surface area contributed by atoms with Crippen LogP contribution in [0.3, 0.4) is 0 Å². The Morgan fingerprint density at radius 2 is 2.04 bits per heavy atom. The SMILES string of the molecule is O=C(NCCN1CCC(Oc2ccc(Cl)c(Cl)c2)CC1)c1nnc(NCl)o1. The van der Waals surface area contributed by atoms with Gasteiger partial charge in [-0.05, 0) is 25.0 Å². The molecule has 1 aliphatic heterocycles. The van der Waals surface area contributed by atoms with Gasteiger partial charge in [0.25, 0.3) is 0 Å². The van der Waals surface area contributed by atoms with Crippen LogP contribution in [0.25, 0.3) is 0 Å². The second-order valence-corrected chi connectivity index (χ2v) is 7.00. The van der Waals surface area contributed by atoms with Crippen molar-refractivity contribution in [1.29, 1.82) is 0 Å². The number of likely N-dealkylation sites (tertiary alicyclic amines) is 1. The maximum Gasteiger partial charge on any atom is 0.330 e. The number of ether oxygens (including phenoxy) is 1. The first-order chi connectivity index (χ1) is 13.0. The van der Waals surface area contributed by atoms with Crippen LogP contribution in [-0.4, -0.2) is 53.3 Å². The van der Waals surface area contributed by atoms with E-state index < -0.39 is 5.91 Å². The van der Waals surface area contributed by atoms with Gasteiger partial charge in [-0.1, -0.05) is 28.3 Å². The van der Waals surface area contributed by atoms with Crippen molar-refractivity contribution in [3.8, 4) is 5.75 Å². The van der Waals surface area contributed by atoms with Crippen molar-refractivity contribution in [3.63, 3.8) is 0 Å². The van der Waals surface area contributed by atoms with Crippen LogP contribution in [0.1, 0.15) is 23.5 Å². The highest BCUT2D eigenvalue weighted by atomic mass is 35.5. The van der Waals surface area contributed by atoms with E-state index in [4.69, 9.17) is 44.1 Å². The third kappa shape index (κ3) is 5.62. The minimum Gasteiger partial charge on any atom is -0.490 e. The van der Waals surface area contributed by atoms with Crippen LogP contribution in [0.4, 0.5) is 6.01 Å². The van der Waals surface area contributed by atoms with Gasteiger partial charge in [0.05, 0.1) is 10.0 Å². The van der Waals surface area contributed by atoms with Crippen LogP contribution in [0, 0.1) is 0 Å². The summed E-state index contributed by atoms with van der Waals surface area (Å²) in [5.41, 5.74) is 0. The average Bonchev–Trinajstić information content (AvgIpc) is 3.15. The molecule has 0 radical (unpaired) electrons. The van der Waals surface area contributed by atoms with Gasteiger partial charge in [-0.15, -0.1) is 5.10 Å². The molecule has 0 saturated carbocycles. The lowest BCUT2D eigenvalue weighted by atomic mass is 10.1. The van der Waals surface area contributed by atoms with Crippen LogP contribution in [0.2, 0.25) is 10.0 Å². The van der Waals surface area contributed by atoms with Crippen molar-refractivity contribution < 1.29 is 13.9 Å². The van der Waals surface area contributed by atoms with Crippen LogP contribution in [-0.2, 0) is 0 Å². The Labute approximate surface area is 171 Å². The second-order valence-electron chi connectivity index (χ2n) is 6.00. The van der Waals surface area contributed by atoms with Gasteiger partial charge in [-0.3, -0.25) is 4.79 Å². The number of nitrogens with zero attached hydrogens (tertiary/aromatic N) is 3. The minimum atomic E-state index is -0.432. The lowest BCUT2D eigenvalue weighted by molar-refractivity contribution is 0.0879. The molecule has 0 aliphatic carbocycles. The van der Waals surface area contributed by atoms with Crippen LogP contribution < -0.4 is 14.9 Å². The van der Waals surface area contributed by atoms with Crippen molar-refractivity contribution in [2.24, 2.45) is 0 Å². The average molecular weight is 435 g/mol. The van der Waals surface area contributed by atoms with Gasteiger partial charge in [0, 0.05) is 44.0 Å². The van der Waals surface area contributed by atoms with E-state index in [0.29, 0.717) is 16.6 Å². The molecule has 0 atom stereocenters. The van der Waals surface area contributed by atoms with E-state index in [-0.39, 0.29) is 18.0 Å². The summed E-state index contributed by atoms with van der Waals surface area (Å²) in [5.74, 6) is 0.158. The first kappa shape index (κ1) is 20.0. The standard InChI is InChI=1S/C16H18Cl3N5O3/c17-12-2-1-11(9-13(12)18)26-10-3-6-24(7-4-10)8-5-20-14(25)15-22-23-16(21-19)27-15/h1-2,9-10H,3-8H2,(H,20,25)(H,21,23). The molecule has 1 aromatic heterocycles. The summed E-state index contributed by atoms with van der Waals surface area (Å²) in [6, 6.07) is 5.26. The van der Waals surface area contributed by atoms with Gasteiger partial charge >= 0.3 is 17.8 Å². The van der Waals surface area contributed by atoms with Crippen LogP contribution in [0.5, 0.6) is 5.75 Å². The highest BCUT2D eigenvalue weighted by Crippen LogP contribution is 2.28. The molecule has 0 spiro atoms. The number of nitrogens with one attached hydrogen (secondary N) is 2. The van der Waals surface area contributed by atoms with Crippen molar-refractivity contribution >= 4 is 46.9 Å². The summed E-state index contributed by atoms with van der Waals surface area (Å²) in [6.45, 7) is 2.95. The van der Waals surface area contributed by atoms with E-state index in [2.05, 4.69) is 25.2 Å². The first-order valence-electron chi connectivity index (χ1n) is 8.37. The number of hydrogen-bond acceptors (Lipinski definition) is 7. The summed E-state index contributed by atoms with van der Waals surface area (Å²) < 4.78 is 11.0. The Kier molecular flexibility index (Phi) is 7.01. The third-order valence-corrected chi connectivity index (χ3v) is 5.04. The summed E-state index contributed by atoms with van der Waals surface area (Å²) in [7, 11) is 0. The lowest BCUT2D eigenvalue weighted by Crippen LogP contribution is -2.42. The summed E-state index contributed by atoms with van der Waals surface area (Å²) in [6.07, 6.45) is 1.92. The zero-order valence-corrected chi connectivity index (χ0v) is 16.5. The number of hydrogen-bond donors (Lipinski definition) is 2. The molecule has 146 valence electrons. The van der Waals surface area contributed by atoms with E-state index in [1.807, 2.05) is 6.07 Å². The molecule has 2 aromatic rings. The highest BCUT2D eigenvalue weighted by molar-refractivity contribution is 6.42. The Morgan fingerprint density at radius 3 is 2.70 bits per heavy atom. The van der Waals surface area contributed by atoms with Crippen molar-refractivity contribution in [2.75, 3.05) is 31.0 Å². The van der Waals surface area contributed by atoms with Gasteiger partial charge in [-0.2, -0.15) is 0 Å². The van der Waals surface area contributed by atoms with Crippen LogP contribution >= 0.6 is 35.0 Å². The summed E-state index contributed by atoms with van der Waals surface area (Å²) in [5, 5.41) is 10.9. The minimum absolute atomic E-state index is 0.0223. The van der Waals surface area contributed by atoms with E-state index in [1.54, 1.807) is 12.1 Å². The smallest absolute Gasteiger partial charge is 0.330 e. The van der Waals surface area contributed by atoms with Gasteiger partial charge in [0.1, 0.15) is 11.9 Å². The predicted octanol–water partition coefficient (Wildman–Crippen LogP) is 3.22. The predicted molar refractivity (Wildman–Crippen MR) is 103 cm³/mol. The summed E-state index contributed by atoms with van der Waals surface area (Å²) in [4.78, 5) is 16.3. The quantitative estimate of drug-likeness (QED) is 0.646. The number of rotatable bonds is 7. The summed E-state index contributed by atoms with van der Waals surface area (Å²) >= 11 is 17.2. The Hall–Kier alpha value is -1.74. The van der Waals surface area contributed by atoms with Gasteiger partial charge in [0.2, 0.25) is 0 Å². The number of carbonyl (C=O) groups excluding carboxylic acids is 1. The number of halogens is 3. The topological polar surface area (TPSA) is 92.5 Å². The maximum atomic E-state index is 11.9. The molecule has 27 heavy (non-hydrogen) atoms. The van der Waals surface area contributed by atoms with Crippen molar-refractivity contribution in [3.05, 3.63) is 34.1 Å². The zero-order chi connectivity index (χ0) is 19.2. The molecule has 8 nitrogen and oxygen atoms in total. The second kappa shape index (κ2) is 9.45. The number of aromatic nitrogens is 2. The molecule has 1 aliphatic rings. The Morgan fingerprint density at radius 1 is 1.26 bits per heavy atom. The van der Waals surface area contributed by atoms with E-state index in [9.17, 15) is 4.79 Å². The number of amides is 1. The Balaban J connectivity index is 1.36. The normalized spacial score (nSPS) is 15.5. The number of piperidine rings is 1. The maximum absolute atomic E-state index is 11.9. The van der Waals surface area contributed by atoms with Gasteiger partial charge < -0.3 is 19.4 Å². The molecule has 0 bridgehead atoms. The molecular weight excluding hydrogens is 417 g/mol. The Bertz CT molecular complexity index is 780. The number of benzene rings is 1. The van der Waals surface area contributed by atoms with Crippen LogP contribution in [0.15, 0.2) is 22.6 Å². The fraction of sp³-hybridized carbons (Fsp3) is 0.438. The lowest BCUT2D eigenvalue weighted by Gasteiger charge is -2.32. The molecule has 0 unspecified atom stereocenters. The van der Waals surface area contributed by atoms with Crippen molar-refractivity contribution in [2.45, 2.75) is 18.9 Å². The molecule has 11 heteroatoms. The van der Waals surface area contributed by atoms with Gasteiger partial charge in [0.15, 0.2) is 0 Å². The first-order valence-corrected chi connectivity index (χ1v) is 9.51. The molecule has 1 amide bonds. The van der Waals surface area contributed by atoms with E-state index in [0.717, 1.165) is 38.2 Å². The highest BCUT2D eigenvalue weighted by Gasteiger charge is 2.21. The van der Waals surface area contributed by atoms with E-state index in [1.165, 1.54) is 0 Å². The molecular formula is C16H18Cl3N5O3. The third-order valence-electron chi connectivity index (χ3n) is 4.14. The molecule has 2 heterocycles. The van der Waals surface area contributed by atoms with E-state index >= 15 is 0 Å². The van der Waals surface area contributed by atoms with Gasteiger partial charge in [-0.25, -0.2) is 4.84 Å². The molecule has 3 rings (SSSR count). The fourth-order valence-corrected chi connectivity index (χ4v) is 3.11. The fourth-order valence-electron chi connectivity index (χ4n) is 2.75. The molecule has 2 N–H and O–H groups in total. The largest absolute Gasteiger partial charge is 0.490 e.